The second kappa shape index (κ2) is 6.47. The minimum absolute atomic E-state index is 0.0774. The summed E-state index contributed by atoms with van der Waals surface area (Å²) in [6.07, 6.45) is 5.57. The molecule has 1 aromatic carbocycles. The molecule has 2 fully saturated rings. The predicted molar refractivity (Wildman–Crippen MR) is 106 cm³/mol. The van der Waals surface area contributed by atoms with Crippen LogP contribution in [0.5, 0.6) is 5.75 Å². The van der Waals surface area contributed by atoms with Gasteiger partial charge in [0.15, 0.2) is 11.4 Å². The number of fused-ring (bicyclic) bond motifs is 2. The zero-order valence-corrected chi connectivity index (χ0v) is 16.1. The normalized spacial score (nSPS) is 24.8. The lowest BCUT2D eigenvalue weighted by atomic mass is 9.79. The molecule has 150 valence electrons. The van der Waals surface area contributed by atoms with Crippen molar-refractivity contribution in [2.24, 2.45) is 11.7 Å². The van der Waals surface area contributed by atoms with Crippen molar-refractivity contribution in [3.63, 3.8) is 0 Å². The molecule has 5 rings (SSSR count). The third-order valence-corrected chi connectivity index (χ3v) is 6.58. The Kier molecular flexibility index (Phi) is 4.01. The first kappa shape index (κ1) is 18.0. The molecule has 2 aromatic rings. The molecule has 1 saturated carbocycles. The number of benzene rings is 1. The number of aromatic nitrogens is 1. The third kappa shape index (κ3) is 2.75. The Bertz CT molecular complexity index is 1060. The van der Waals surface area contributed by atoms with Crippen molar-refractivity contribution in [2.75, 3.05) is 6.54 Å². The first-order valence-corrected chi connectivity index (χ1v) is 10.0. The number of hydrogen-bond donors (Lipinski definition) is 1. The first-order valence-electron chi connectivity index (χ1n) is 10.0. The van der Waals surface area contributed by atoms with E-state index in [1.807, 2.05) is 35.2 Å². The van der Waals surface area contributed by atoms with Gasteiger partial charge in [-0.1, -0.05) is 36.8 Å². The highest BCUT2D eigenvalue weighted by molar-refractivity contribution is 5.99. The second-order valence-electron chi connectivity index (χ2n) is 8.42. The number of nitrogens with zero attached hydrogens (tertiary/aromatic N) is 2. The van der Waals surface area contributed by atoms with Crippen molar-refractivity contribution >= 4 is 11.8 Å². The fourth-order valence-corrected chi connectivity index (χ4v) is 5.31. The lowest BCUT2D eigenvalue weighted by molar-refractivity contribution is 0.0416. The molecular formula is C22H23N3O4. The van der Waals surface area contributed by atoms with Crippen molar-refractivity contribution in [1.82, 2.24) is 9.47 Å². The Morgan fingerprint density at radius 3 is 2.79 bits per heavy atom. The van der Waals surface area contributed by atoms with E-state index in [1.54, 1.807) is 4.57 Å². The minimum atomic E-state index is -0.810. The van der Waals surface area contributed by atoms with E-state index in [1.165, 1.54) is 6.20 Å². The van der Waals surface area contributed by atoms with E-state index < -0.39 is 11.3 Å². The van der Waals surface area contributed by atoms with E-state index in [9.17, 15) is 14.4 Å². The molecule has 1 aromatic heterocycles. The smallest absolute Gasteiger partial charge is 0.275 e. The van der Waals surface area contributed by atoms with E-state index >= 15 is 0 Å². The molecule has 2 N–H and O–H groups in total. The van der Waals surface area contributed by atoms with Gasteiger partial charge in [0.2, 0.25) is 5.43 Å². The summed E-state index contributed by atoms with van der Waals surface area (Å²) in [4.78, 5) is 40.3. The molecule has 3 aliphatic rings. The fraction of sp³-hybridized carbons (Fsp3) is 0.409. The molecule has 1 saturated heterocycles. The summed E-state index contributed by atoms with van der Waals surface area (Å²) in [7, 11) is 0. The van der Waals surface area contributed by atoms with Crippen LogP contribution < -0.4 is 15.9 Å². The number of primary amides is 1. The molecule has 2 aliphatic heterocycles. The van der Waals surface area contributed by atoms with E-state index in [2.05, 4.69) is 0 Å². The highest BCUT2D eigenvalue weighted by Gasteiger charge is 2.54. The molecule has 29 heavy (non-hydrogen) atoms. The quantitative estimate of drug-likeness (QED) is 0.859. The maximum atomic E-state index is 13.5. The molecule has 7 heteroatoms. The number of nitrogens with two attached hydrogens (primary N) is 1. The zero-order valence-electron chi connectivity index (χ0n) is 16.1. The summed E-state index contributed by atoms with van der Waals surface area (Å²) in [6, 6.07) is 9.40. The maximum Gasteiger partial charge on any atom is 0.275 e. The van der Waals surface area contributed by atoms with Crippen LogP contribution in [0.15, 0.2) is 41.3 Å². The number of rotatable bonds is 4. The topological polar surface area (TPSA) is 94.6 Å². The van der Waals surface area contributed by atoms with E-state index in [4.69, 9.17) is 10.5 Å². The van der Waals surface area contributed by atoms with Gasteiger partial charge in [0.05, 0.1) is 5.54 Å². The van der Waals surface area contributed by atoms with Crippen LogP contribution >= 0.6 is 0 Å². The van der Waals surface area contributed by atoms with Crippen molar-refractivity contribution in [3.8, 4) is 5.75 Å². The average molecular weight is 393 g/mol. The Morgan fingerprint density at radius 1 is 1.24 bits per heavy atom. The molecule has 1 aliphatic carbocycles. The second-order valence-corrected chi connectivity index (χ2v) is 8.42. The predicted octanol–water partition coefficient (Wildman–Crippen LogP) is 1.92. The van der Waals surface area contributed by atoms with Gasteiger partial charge >= 0.3 is 0 Å². The summed E-state index contributed by atoms with van der Waals surface area (Å²) >= 11 is 0. The molecular weight excluding hydrogens is 370 g/mol. The Hall–Kier alpha value is -3.09. The van der Waals surface area contributed by atoms with Crippen molar-refractivity contribution in [1.29, 1.82) is 0 Å². The standard InChI is InChI=1S/C22H23N3O4/c23-20(27)16-11-24-13-22-8-4-7-15(9-22)10-25(22)21(28)17(24)19(18(16)26)29-12-14-5-2-1-3-6-14/h1-3,5-6,11,15H,4,7-10,12-13H2,(H2,23,27)/t15-,22+/m1/s1. The van der Waals surface area contributed by atoms with Crippen LogP contribution in [-0.2, 0) is 13.2 Å². The fourth-order valence-electron chi connectivity index (χ4n) is 5.31. The molecule has 2 bridgehead atoms. The number of ether oxygens (including phenoxy) is 1. The summed E-state index contributed by atoms with van der Waals surface area (Å²) in [5, 5.41) is 0. The van der Waals surface area contributed by atoms with Crippen LogP contribution in [0.4, 0.5) is 0 Å². The van der Waals surface area contributed by atoms with Gasteiger partial charge in [-0.3, -0.25) is 14.4 Å². The van der Waals surface area contributed by atoms with Gasteiger partial charge in [0.1, 0.15) is 12.2 Å². The Balaban J connectivity index is 1.61. The molecule has 3 heterocycles. The van der Waals surface area contributed by atoms with Crippen molar-refractivity contribution in [3.05, 3.63) is 63.6 Å². The number of carbonyl (C=O) groups excluding carboxylic acids is 2. The van der Waals surface area contributed by atoms with Gasteiger partial charge in [-0.15, -0.1) is 0 Å². The van der Waals surface area contributed by atoms with Crippen LogP contribution in [0.25, 0.3) is 0 Å². The SMILES string of the molecule is NC(=O)c1cn2c(c(OCc3ccccc3)c1=O)C(=O)N1C[C@@H]3CCC[C@]1(C3)C2. The van der Waals surface area contributed by atoms with Gasteiger partial charge in [-0.25, -0.2) is 0 Å². The van der Waals surface area contributed by atoms with E-state index in [-0.39, 0.29) is 35.1 Å². The molecule has 2 amide bonds. The zero-order chi connectivity index (χ0) is 20.2. The van der Waals surface area contributed by atoms with Gasteiger partial charge in [0.25, 0.3) is 11.8 Å². The van der Waals surface area contributed by atoms with Crippen molar-refractivity contribution in [2.45, 2.75) is 44.4 Å². The third-order valence-electron chi connectivity index (χ3n) is 6.58. The Morgan fingerprint density at radius 2 is 2.03 bits per heavy atom. The summed E-state index contributed by atoms with van der Waals surface area (Å²) in [5.41, 5.74) is 5.57. The van der Waals surface area contributed by atoms with Crippen LogP contribution in [0.2, 0.25) is 0 Å². The van der Waals surface area contributed by atoms with Crippen molar-refractivity contribution < 1.29 is 14.3 Å². The highest BCUT2D eigenvalue weighted by Crippen LogP contribution is 2.48. The van der Waals surface area contributed by atoms with Gasteiger partial charge in [-0.05, 0) is 30.7 Å². The minimum Gasteiger partial charge on any atom is -0.483 e. The van der Waals surface area contributed by atoms with Crippen LogP contribution in [-0.4, -0.2) is 33.4 Å². The average Bonchev–Trinajstić information content (AvgIpc) is 2.97. The van der Waals surface area contributed by atoms with Gasteiger partial charge < -0.3 is 19.9 Å². The number of pyridine rings is 1. The molecule has 7 nitrogen and oxygen atoms in total. The van der Waals surface area contributed by atoms with E-state index in [0.717, 1.165) is 37.8 Å². The number of carbonyl (C=O) groups is 2. The maximum absolute atomic E-state index is 13.5. The largest absolute Gasteiger partial charge is 0.483 e. The first-order chi connectivity index (χ1) is 14.0. The summed E-state index contributed by atoms with van der Waals surface area (Å²) in [5.74, 6) is -0.572. The molecule has 2 atom stereocenters. The monoisotopic (exact) mass is 393 g/mol. The van der Waals surface area contributed by atoms with Crippen LogP contribution in [0.1, 0.15) is 52.1 Å². The molecule has 1 spiro atoms. The van der Waals surface area contributed by atoms with Crippen LogP contribution in [0.3, 0.4) is 0 Å². The number of hydrogen-bond acceptors (Lipinski definition) is 4. The highest BCUT2D eigenvalue weighted by atomic mass is 16.5. The Labute approximate surface area is 168 Å². The summed E-state index contributed by atoms with van der Waals surface area (Å²) < 4.78 is 7.58. The van der Waals surface area contributed by atoms with Gasteiger partial charge in [-0.2, -0.15) is 0 Å². The van der Waals surface area contributed by atoms with E-state index in [0.29, 0.717) is 12.5 Å². The van der Waals surface area contributed by atoms with Crippen LogP contribution in [0, 0.1) is 5.92 Å². The lowest BCUT2D eigenvalue weighted by Crippen LogP contribution is -2.55. The summed E-state index contributed by atoms with van der Waals surface area (Å²) in [6.45, 7) is 1.42. The lowest BCUT2D eigenvalue weighted by Gasteiger charge is -2.44. The molecule has 0 radical (unpaired) electrons. The number of amides is 2. The van der Waals surface area contributed by atoms with Gasteiger partial charge in [0, 0.05) is 19.3 Å². The molecule has 0 unspecified atom stereocenters.